The molecule has 1 aromatic rings. The van der Waals surface area contributed by atoms with E-state index in [0.717, 1.165) is 31.3 Å². The smallest absolute Gasteiger partial charge is 0.372 e. The third kappa shape index (κ3) is 3.85. The Morgan fingerprint density at radius 1 is 1.45 bits per heavy atom. The molecule has 1 N–H and O–H groups in total. The predicted octanol–water partition coefficient (Wildman–Crippen LogP) is 3.69. The summed E-state index contributed by atoms with van der Waals surface area (Å²) >= 11 is 0. The molecule has 4 heteroatoms. The second kappa shape index (κ2) is 6.93. The molecule has 1 saturated heterocycles. The number of rotatable bonds is 5. The Morgan fingerprint density at radius 3 is 2.90 bits per heavy atom. The van der Waals surface area contributed by atoms with Crippen molar-refractivity contribution >= 4 is 5.97 Å². The quantitative estimate of drug-likeness (QED) is 0.893. The van der Waals surface area contributed by atoms with Crippen LogP contribution in [0.1, 0.15) is 60.9 Å². The van der Waals surface area contributed by atoms with Crippen molar-refractivity contribution < 1.29 is 14.3 Å². The van der Waals surface area contributed by atoms with Crippen LogP contribution in [0.15, 0.2) is 10.5 Å². The van der Waals surface area contributed by atoms with Crippen molar-refractivity contribution in [3.63, 3.8) is 0 Å². The second-order valence-corrected chi connectivity index (χ2v) is 5.89. The van der Waals surface area contributed by atoms with Gasteiger partial charge in [0.15, 0.2) is 0 Å². The number of carboxylic acids is 1. The summed E-state index contributed by atoms with van der Waals surface area (Å²) in [6.07, 6.45) is 6.40. The first-order valence-corrected chi connectivity index (χ1v) is 7.65. The fourth-order valence-electron chi connectivity index (χ4n) is 3.14. The van der Waals surface area contributed by atoms with Crippen molar-refractivity contribution in [2.24, 2.45) is 5.92 Å². The summed E-state index contributed by atoms with van der Waals surface area (Å²) in [5, 5.41) is 9.02. The summed E-state index contributed by atoms with van der Waals surface area (Å²) in [5.74, 6) is 0.734. The lowest BCUT2D eigenvalue weighted by molar-refractivity contribution is 0.0657. The molecule has 0 radical (unpaired) electrons. The maximum atomic E-state index is 11.0. The van der Waals surface area contributed by atoms with Crippen LogP contribution in [0, 0.1) is 12.8 Å². The van der Waals surface area contributed by atoms with Gasteiger partial charge in [-0.3, -0.25) is 4.90 Å². The van der Waals surface area contributed by atoms with Crippen LogP contribution in [0.25, 0.3) is 0 Å². The van der Waals surface area contributed by atoms with E-state index in [-0.39, 0.29) is 5.76 Å². The highest BCUT2D eigenvalue weighted by Crippen LogP contribution is 2.24. The minimum Gasteiger partial charge on any atom is -0.475 e. The van der Waals surface area contributed by atoms with Gasteiger partial charge in [0.2, 0.25) is 5.76 Å². The molecule has 0 aromatic carbocycles. The van der Waals surface area contributed by atoms with Gasteiger partial charge in [-0.05, 0) is 51.3 Å². The number of likely N-dealkylation sites (tertiary alicyclic amines) is 1. The number of hydrogen-bond donors (Lipinski definition) is 1. The van der Waals surface area contributed by atoms with Gasteiger partial charge in [0.05, 0.1) is 6.54 Å². The molecule has 112 valence electrons. The first-order chi connectivity index (χ1) is 9.60. The number of furan rings is 1. The highest BCUT2D eigenvalue weighted by molar-refractivity contribution is 5.86. The Bertz CT molecular complexity index is 453. The molecule has 1 unspecified atom stereocenters. The summed E-state index contributed by atoms with van der Waals surface area (Å²) in [5.41, 5.74) is 0.714. The Kier molecular flexibility index (Phi) is 5.24. The molecule has 2 heterocycles. The van der Waals surface area contributed by atoms with Crippen molar-refractivity contribution in [2.75, 3.05) is 13.1 Å². The second-order valence-electron chi connectivity index (χ2n) is 5.89. The molecule has 0 saturated carbocycles. The monoisotopic (exact) mass is 279 g/mol. The predicted molar refractivity (Wildman–Crippen MR) is 77.9 cm³/mol. The molecule has 0 amide bonds. The number of aryl methyl sites for hydroxylation is 1. The van der Waals surface area contributed by atoms with Gasteiger partial charge < -0.3 is 9.52 Å². The zero-order valence-electron chi connectivity index (χ0n) is 12.5. The Hall–Kier alpha value is -1.29. The van der Waals surface area contributed by atoms with Gasteiger partial charge in [-0.25, -0.2) is 4.79 Å². The highest BCUT2D eigenvalue weighted by Gasteiger charge is 2.19. The maximum absolute atomic E-state index is 11.0. The topological polar surface area (TPSA) is 53.7 Å². The number of nitrogens with zero attached hydrogens (tertiary/aromatic N) is 1. The van der Waals surface area contributed by atoms with Crippen LogP contribution in [-0.2, 0) is 6.54 Å². The summed E-state index contributed by atoms with van der Waals surface area (Å²) in [6.45, 7) is 6.94. The van der Waals surface area contributed by atoms with E-state index in [0.29, 0.717) is 5.56 Å². The van der Waals surface area contributed by atoms with Gasteiger partial charge in [-0.1, -0.05) is 19.8 Å². The molecule has 0 bridgehead atoms. The van der Waals surface area contributed by atoms with Gasteiger partial charge in [-0.15, -0.1) is 0 Å². The number of hydrogen-bond acceptors (Lipinski definition) is 3. The average molecular weight is 279 g/mol. The maximum Gasteiger partial charge on any atom is 0.372 e. The van der Waals surface area contributed by atoms with Crippen LogP contribution in [0.5, 0.6) is 0 Å². The number of carbonyl (C=O) groups is 1. The van der Waals surface area contributed by atoms with E-state index in [1.54, 1.807) is 6.92 Å². The molecule has 1 atom stereocenters. The fraction of sp³-hybridized carbons (Fsp3) is 0.688. The van der Waals surface area contributed by atoms with E-state index in [9.17, 15) is 4.79 Å². The molecule has 1 aliphatic heterocycles. The van der Waals surface area contributed by atoms with Gasteiger partial charge in [-0.2, -0.15) is 0 Å². The van der Waals surface area contributed by atoms with E-state index < -0.39 is 5.97 Å². The van der Waals surface area contributed by atoms with Crippen molar-refractivity contribution in [3.8, 4) is 0 Å². The molecular weight excluding hydrogens is 254 g/mol. The van der Waals surface area contributed by atoms with Crippen molar-refractivity contribution in [3.05, 3.63) is 23.2 Å². The van der Waals surface area contributed by atoms with Crippen LogP contribution < -0.4 is 0 Å². The third-order valence-electron chi connectivity index (χ3n) is 4.18. The standard InChI is InChI=1S/C16H25NO3/c1-3-5-13-6-4-8-17(9-7-13)11-14-10-12(2)15(20-14)16(18)19/h10,13H,3-9,11H2,1-2H3,(H,18,19). The SMILES string of the molecule is CCCC1CCCN(Cc2cc(C)c(C(=O)O)o2)CC1. The van der Waals surface area contributed by atoms with E-state index in [4.69, 9.17) is 9.52 Å². The van der Waals surface area contributed by atoms with Gasteiger partial charge in [0.25, 0.3) is 0 Å². The van der Waals surface area contributed by atoms with Crippen LogP contribution >= 0.6 is 0 Å². The minimum absolute atomic E-state index is 0.0821. The third-order valence-corrected chi connectivity index (χ3v) is 4.18. The zero-order chi connectivity index (χ0) is 14.5. The molecule has 1 aliphatic rings. The van der Waals surface area contributed by atoms with E-state index in [1.807, 2.05) is 6.07 Å². The number of aromatic carboxylic acids is 1. The van der Waals surface area contributed by atoms with E-state index >= 15 is 0 Å². The lowest BCUT2D eigenvalue weighted by Crippen LogP contribution is -2.24. The zero-order valence-corrected chi connectivity index (χ0v) is 12.5. The summed E-state index contributed by atoms with van der Waals surface area (Å²) in [6, 6.07) is 1.86. The Labute approximate surface area is 120 Å². The molecular formula is C16H25NO3. The molecule has 1 aromatic heterocycles. The summed E-state index contributed by atoms with van der Waals surface area (Å²) in [4.78, 5) is 13.4. The Balaban J connectivity index is 1.93. The number of carboxylic acid groups (broad SMARTS) is 1. The minimum atomic E-state index is -0.979. The van der Waals surface area contributed by atoms with Crippen molar-refractivity contribution in [1.82, 2.24) is 4.90 Å². The first kappa shape index (κ1) is 15.1. The normalized spacial score (nSPS) is 20.8. The Morgan fingerprint density at radius 2 is 2.25 bits per heavy atom. The molecule has 0 aliphatic carbocycles. The van der Waals surface area contributed by atoms with Crippen LogP contribution in [-0.4, -0.2) is 29.1 Å². The molecule has 20 heavy (non-hydrogen) atoms. The van der Waals surface area contributed by atoms with E-state index in [1.165, 1.54) is 32.1 Å². The molecule has 2 rings (SSSR count). The fourth-order valence-corrected chi connectivity index (χ4v) is 3.14. The largest absolute Gasteiger partial charge is 0.475 e. The van der Waals surface area contributed by atoms with Gasteiger partial charge >= 0.3 is 5.97 Å². The van der Waals surface area contributed by atoms with Crippen molar-refractivity contribution in [1.29, 1.82) is 0 Å². The highest BCUT2D eigenvalue weighted by atomic mass is 16.4. The van der Waals surface area contributed by atoms with Crippen LogP contribution in [0.2, 0.25) is 0 Å². The lowest BCUT2D eigenvalue weighted by atomic mass is 9.96. The molecule has 0 spiro atoms. The molecule has 1 fully saturated rings. The summed E-state index contributed by atoms with van der Waals surface area (Å²) in [7, 11) is 0. The average Bonchev–Trinajstić information content (AvgIpc) is 2.62. The van der Waals surface area contributed by atoms with Crippen molar-refractivity contribution in [2.45, 2.75) is 52.5 Å². The lowest BCUT2D eigenvalue weighted by Gasteiger charge is -2.18. The van der Waals surface area contributed by atoms with Gasteiger partial charge in [0, 0.05) is 5.56 Å². The van der Waals surface area contributed by atoms with Crippen LogP contribution in [0.4, 0.5) is 0 Å². The first-order valence-electron chi connectivity index (χ1n) is 7.65. The van der Waals surface area contributed by atoms with Gasteiger partial charge in [0.1, 0.15) is 5.76 Å². The van der Waals surface area contributed by atoms with Crippen LogP contribution in [0.3, 0.4) is 0 Å². The summed E-state index contributed by atoms with van der Waals surface area (Å²) < 4.78 is 5.45. The molecule has 4 nitrogen and oxygen atoms in total. The van der Waals surface area contributed by atoms with E-state index in [2.05, 4.69) is 11.8 Å².